The van der Waals surface area contributed by atoms with Crippen LogP contribution in [0.3, 0.4) is 0 Å². The first-order valence-electron chi connectivity index (χ1n) is 5.73. The molecule has 7 heteroatoms. The fraction of sp³-hybridized carbons (Fsp3) is 0.333. The molecule has 0 bridgehead atoms. The third-order valence-electron chi connectivity index (χ3n) is 3.13. The van der Waals surface area contributed by atoms with E-state index in [1.807, 2.05) is 0 Å². The Morgan fingerprint density at radius 3 is 2.47 bits per heavy atom. The lowest BCUT2D eigenvalue weighted by Crippen LogP contribution is -2.33. The number of aromatic amines is 1. The molecule has 2 unspecified atom stereocenters. The Kier molecular flexibility index (Phi) is 3.20. The van der Waals surface area contributed by atoms with Crippen molar-refractivity contribution in [2.45, 2.75) is 6.92 Å². The van der Waals surface area contributed by atoms with E-state index in [-0.39, 0.29) is 17.3 Å². The summed E-state index contributed by atoms with van der Waals surface area (Å²) in [6, 6.07) is 4.27. The molecule has 100 valence electrons. The monoisotopic (exact) mass is 263 g/mol. The molecule has 19 heavy (non-hydrogen) atoms. The molecule has 2 N–H and O–H groups in total. The van der Waals surface area contributed by atoms with Gasteiger partial charge in [-0.25, -0.2) is 0 Å². The minimum Gasteiger partial charge on any atom is -0.311 e. The van der Waals surface area contributed by atoms with Gasteiger partial charge in [-0.05, 0) is 6.07 Å². The topological polar surface area (TPSA) is 99.3 Å². The van der Waals surface area contributed by atoms with Gasteiger partial charge >= 0.3 is 0 Å². The molecule has 0 spiro atoms. The summed E-state index contributed by atoms with van der Waals surface area (Å²) in [5.74, 6) is -3.08. The number of hydrogen-bond donors (Lipinski definition) is 2. The Morgan fingerprint density at radius 1 is 1.26 bits per heavy atom. The molecule has 0 aromatic carbocycles. The smallest absolute Gasteiger partial charge is 0.249 e. The second-order valence-electron chi connectivity index (χ2n) is 4.42. The number of H-pyrrole nitrogens is 1. The van der Waals surface area contributed by atoms with Crippen molar-refractivity contribution < 1.29 is 14.4 Å². The van der Waals surface area contributed by atoms with Crippen LogP contribution in [-0.2, 0) is 14.4 Å². The SMILES string of the molecule is CC1C(=O)N(C)C(=O)C1C(=O)Nc1cccc(=O)[nH]1. The van der Waals surface area contributed by atoms with Crippen molar-refractivity contribution in [2.24, 2.45) is 11.8 Å². The summed E-state index contributed by atoms with van der Waals surface area (Å²) in [7, 11) is 1.35. The van der Waals surface area contributed by atoms with E-state index in [0.717, 1.165) is 4.90 Å². The van der Waals surface area contributed by atoms with Gasteiger partial charge in [0.05, 0.1) is 5.92 Å². The number of imide groups is 1. The molecular formula is C12H13N3O4. The van der Waals surface area contributed by atoms with Crippen LogP contribution in [0, 0.1) is 11.8 Å². The number of amides is 3. The molecule has 0 aliphatic carbocycles. The van der Waals surface area contributed by atoms with E-state index >= 15 is 0 Å². The highest BCUT2D eigenvalue weighted by atomic mass is 16.2. The zero-order valence-electron chi connectivity index (χ0n) is 10.5. The lowest BCUT2D eigenvalue weighted by molar-refractivity contribution is -0.138. The van der Waals surface area contributed by atoms with Crippen LogP contribution < -0.4 is 10.9 Å². The zero-order valence-corrected chi connectivity index (χ0v) is 10.5. The van der Waals surface area contributed by atoms with Crippen LogP contribution in [0.5, 0.6) is 0 Å². The normalized spacial score (nSPS) is 22.7. The lowest BCUT2D eigenvalue weighted by atomic mass is 9.96. The molecule has 2 heterocycles. The fourth-order valence-corrected chi connectivity index (χ4v) is 2.05. The van der Waals surface area contributed by atoms with Crippen LogP contribution >= 0.6 is 0 Å². The Morgan fingerprint density at radius 2 is 1.95 bits per heavy atom. The summed E-state index contributed by atoms with van der Waals surface area (Å²) in [5, 5.41) is 2.43. The second kappa shape index (κ2) is 4.68. The van der Waals surface area contributed by atoms with Gasteiger partial charge in [-0.3, -0.25) is 24.1 Å². The summed E-state index contributed by atoms with van der Waals surface area (Å²) < 4.78 is 0. The van der Waals surface area contributed by atoms with E-state index in [2.05, 4.69) is 10.3 Å². The van der Waals surface area contributed by atoms with Gasteiger partial charge in [0, 0.05) is 13.1 Å². The average Bonchev–Trinajstić information content (AvgIpc) is 2.54. The standard InChI is InChI=1S/C12H13N3O4/c1-6-9(12(19)15(2)11(6)18)10(17)14-7-4-3-5-8(16)13-7/h3-6,9H,1-2H3,(H2,13,14,16,17). The molecule has 1 aromatic rings. The summed E-state index contributed by atoms with van der Waals surface area (Å²) in [6.45, 7) is 1.53. The fourth-order valence-electron chi connectivity index (χ4n) is 2.05. The molecule has 1 fully saturated rings. The number of nitrogens with zero attached hydrogens (tertiary/aromatic N) is 1. The maximum atomic E-state index is 12.0. The molecule has 2 rings (SSSR count). The van der Waals surface area contributed by atoms with Gasteiger partial charge in [0.15, 0.2) is 0 Å². The predicted molar refractivity (Wildman–Crippen MR) is 66.1 cm³/mol. The molecule has 1 aliphatic heterocycles. The lowest BCUT2D eigenvalue weighted by Gasteiger charge is -2.11. The van der Waals surface area contributed by atoms with Crippen molar-refractivity contribution in [1.29, 1.82) is 0 Å². The van der Waals surface area contributed by atoms with Crippen molar-refractivity contribution in [3.63, 3.8) is 0 Å². The quantitative estimate of drug-likeness (QED) is 0.558. The molecular weight excluding hydrogens is 250 g/mol. The first-order valence-corrected chi connectivity index (χ1v) is 5.73. The molecule has 1 aromatic heterocycles. The number of carbonyl (C=O) groups excluding carboxylic acids is 3. The summed E-state index contributed by atoms with van der Waals surface area (Å²) in [4.78, 5) is 49.9. The number of nitrogens with one attached hydrogen (secondary N) is 2. The van der Waals surface area contributed by atoms with Crippen molar-refractivity contribution in [3.8, 4) is 0 Å². The Labute approximate surface area is 108 Å². The highest BCUT2D eigenvalue weighted by molar-refractivity contribution is 6.17. The molecule has 1 aliphatic rings. The first-order chi connectivity index (χ1) is 8.91. The van der Waals surface area contributed by atoms with E-state index in [1.165, 1.54) is 32.2 Å². The average molecular weight is 263 g/mol. The number of likely N-dealkylation sites (tertiary alicyclic amines) is 1. The number of pyridine rings is 1. The third-order valence-corrected chi connectivity index (χ3v) is 3.13. The first kappa shape index (κ1) is 13.0. The van der Waals surface area contributed by atoms with Crippen LogP contribution in [0.4, 0.5) is 5.82 Å². The van der Waals surface area contributed by atoms with Crippen LogP contribution in [-0.4, -0.2) is 34.7 Å². The molecule has 3 amide bonds. The van der Waals surface area contributed by atoms with Crippen molar-refractivity contribution >= 4 is 23.5 Å². The van der Waals surface area contributed by atoms with Crippen LogP contribution in [0.2, 0.25) is 0 Å². The van der Waals surface area contributed by atoms with Gasteiger partial charge in [-0.15, -0.1) is 0 Å². The molecule has 0 saturated carbocycles. The largest absolute Gasteiger partial charge is 0.311 e. The molecule has 1 saturated heterocycles. The molecule has 7 nitrogen and oxygen atoms in total. The number of hydrogen-bond acceptors (Lipinski definition) is 4. The summed E-state index contributed by atoms with van der Waals surface area (Å²) >= 11 is 0. The van der Waals surface area contributed by atoms with Gasteiger partial charge in [-0.1, -0.05) is 13.0 Å². The second-order valence-corrected chi connectivity index (χ2v) is 4.42. The minimum absolute atomic E-state index is 0.194. The van der Waals surface area contributed by atoms with Crippen LogP contribution in [0.25, 0.3) is 0 Å². The minimum atomic E-state index is -1.05. The number of aromatic nitrogens is 1. The molecule has 2 atom stereocenters. The van der Waals surface area contributed by atoms with E-state index in [1.54, 1.807) is 0 Å². The highest BCUT2D eigenvalue weighted by Crippen LogP contribution is 2.25. The van der Waals surface area contributed by atoms with E-state index < -0.39 is 23.7 Å². The summed E-state index contributed by atoms with van der Waals surface area (Å²) in [6.07, 6.45) is 0. The maximum Gasteiger partial charge on any atom is 0.249 e. The summed E-state index contributed by atoms with van der Waals surface area (Å²) in [5.41, 5.74) is -0.364. The Hall–Kier alpha value is -2.44. The van der Waals surface area contributed by atoms with Crippen LogP contribution in [0.15, 0.2) is 23.0 Å². The van der Waals surface area contributed by atoms with Crippen molar-refractivity contribution in [3.05, 3.63) is 28.6 Å². The van der Waals surface area contributed by atoms with Gasteiger partial charge in [0.25, 0.3) is 0 Å². The number of rotatable bonds is 2. The Balaban J connectivity index is 2.19. The van der Waals surface area contributed by atoms with E-state index in [0.29, 0.717) is 0 Å². The predicted octanol–water partition coefficient (Wildman–Crippen LogP) is -0.436. The van der Waals surface area contributed by atoms with Gasteiger partial charge in [0.1, 0.15) is 11.7 Å². The highest BCUT2D eigenvalue weighted by Gasteiger charge is 2.47. The van der Waals surface area contributed by atoms with E-state index in [4.69, 9.17) is 0 Å². The number of carbonyl (C=O) groups is 3. The maximum absolute atomic E-state index is 12.0. The van der Waals surface area contributed by atoms with Gasteiger partial charge < -0.3 is 10.3 Å². The van der Waals surface area contributed by atoms with Crippen molar-refractivity contribution in [2.75, 3.05) is 12.4 Å². The molecule has 0 radical (unpaired) electrons. The zero-order chi connectivity index (χ0) is 14.2. The van der Waals surface area contributed by atoms with Crippen molar-refractivity contribution in [1.82, 2.24) is 9.88 Å². The van der Waals surface area contributed by atoms with Crippen LogP contribution in [0.1, 0.15) is 6.92 Å². The Bertz CT molecular complexity index is 607. The van der Waals surface area contributed by atoms with E-state index in [9.17, 15) is 19.2 Å². The third kappa shape index (κ3) is 2.26. The van der Waals surface area contributed by atoms with Gasteiger partial charge in [0.2, 0.25) is 23.3 Å². The van der Waals surface area contributed by atoms with Gasteiger partial charge in [-0.2, -0.15) is 0 Å². The number of anilines is 1.